The maximum Gasteiger partial charge on any atom is 0.239 e. The fraction of sp³-hybridized carbons (Fsp3) is 0.800. The van der Waals surface area contributed by atoms with Gasteiger partial charge in [0.25, 0.3) is 0 Å². The van der Waals surface area contributed by atoms with Gasteiger partial charge in [-0.3, -0.25) is 9.59 Å². The molecule has 5 nitrogen and oxygen atoms in total. The molecule has 0 heterocycles. The quantitative estimate of drug-likeness (QED) is 0.567. The Kier molecular flexibility index (Phi) is 6.70. The van der Waals surface area contributed by atoms with Gasteiger partial charge in [0, 0.05) is 19.6 Å². The van der Waals surface area contributed by atoms with Crippen LogP contribution in [-0.2, 0) is 9.59 Å². The summed E-state index contributed by atoms with van der Waals surface area (Å²) in [5, 5.41) is 14.0. The molecular weight excluding hydrogens is 196 g/mol. The molecule has 0 aliphatic carbocycles. The minimum Gasteiger partial charge on any atom is -0.396 e. The van der Waals surface area contributed by atoms with Gasteiger partial charge >= 0.3 is 0 Å². The minimum absolute atomic E-state index is 0.00994. The van der Waals surface area contributed by atoms with Crippen LogP contribution in [0, 0.1) is 5.92 Å². The van der Waals surface area contributed by atoms with E-state index < -0.39 is 0 Å². The van der Waals surface area contributed by atoms with Crippen LogP contribution in [0.25, 0.3) is 0 Å². The van der Waals surface area contributed by atoms with E-state index in [1.807, 2.05) is 13.8 Å². The van der Waals surface area contributed by atoms with Crippen molar-refractivity contribution in [1.29, 1.82) is 0 Å². The van der Waals surface area contributed by atoms with Crippen LogP contribution < -0.4 is 10.6 Å². The number of hydrogen-bond donors (Lipinski definition) is 3. The van der Waals surface area contributed by atoms with Crippen molar-refractivity contribution in [1.82, 2.24) is 10.6 Å². The lowest BCUT2D eigenvalue weighted by Gasteiger charge is -2.21. The molecule has 1 atom stereocenters. The maximum atomic E-state index is 11.3. The molecule has 0 aromatic carbocycles. The molecule has 15 heavy (non-hydrogen) atoms. The highest BCUT2D eigenvalue weighted by Gasteiger charge is 2.15. The SMILES string of the molecule is CC(=O)NCC(=O)NC(CCO)C(C)C. The number of rotatable bonds is 6. The highest BCUT2D eigenvalue weighted by Crippen LogP contribution is 2.04. The van der Waals surface area contributed by atoms with Gasteiger partial charge in [0.1, 0.15) is 0 Å². The molecule has 5 heteroatoms. The van der Waals surface area contributed by atoms with E-state index in [2.05, 4.69) is 10.6 Å². The molecule has 0 aromatic heterocycles. The summed E-state index contributed by atoms with van der Waals surface area (Å²) in [5.74, 6) is -0.191. The lowest BCUT2D eigenvalue weighted by atomic mass is 10.0. The first-order valence-corrected chi connectivity index (χ1v) is 5.12. The van der Waals surface area contributed by atoms with Crippen molar-refractivity contribution in [2.24, 2.45) is 5.92 Å². The van der Waals surface area contributed by atoms with Gasteiger partial charge in [-0.15, -0.1) is 0 Å². The first-order valence-electron chi connectivity index (χ1n) is 5.12. The van der Waals surface area contributed by atoms with E-state index in [1.165, 1.54) is 6.92 Å². The summed E-state index contributed by atoms with van der Waals surface area (Å²) in [6, 6.07) is -0.0451. The van der Waals surface area contributed by atoms with Crippen LogP contribution in [-0.4, -0.2) is 36.1 Å². The zero-order chi connectivity index (χ0) is 11.8. The summed E-state index contributed by atoms with van der Waals surface area (Å²) < 4.78 is 0. The van der Waals surface area contributed by atoms with Gasteiger partial charge in [-0.2, -0.15) is 0 Å². The van der Waals surface area contributed by atoms with E-state index in [-0.39, 0.29) is 36.9 Å². The van der Waals surface area contributed by atoms with Crippen molar-refractivity contribution < 1.29 is 14.7 Å². The highest BCUT2D eigenvalue weighted by atomic mass is 16.3. The van der Waals surface area contributed by atoms with Crippen LogP contribution in [0.1, 0.15) is 27.2 Å². The molecular formula is C10H20N2O3. The van der Waals surface area contributed by atoms with Gasteiger partial charge in [-0.25, -0.2) is 0 Å². The maximum absolute atomic E-state index is 11.3. The van der Waals surface area contributed by atoms with Gasteiger partial charge in [0.2, 0.25) is 11.8 Å². The normalized spacial score (nSPS) is 12.3. The average Bonchev–Trinajstić information content (AvgIpc) is 2.14. The Morgan fingerprint density at radius 1 is 1.33 bits per heavy atom. The molecule has 0 aromatic rings. The zero-order valence-electron chi connectivity index (χ0n) is 9.54. The Bertz CT molecular complexity index is 217. The van der Waals surface area contributed by atoms with E-state index in [1.54, 1.807) is 0 Å². The second kappa shape index (κ2) is 7.23. The van der Waals surface area contributed by atoms with E-state index in [4.69, 9.17) is 5.11 Å². The fourth-order valence-corrected chi connectivity index (χ4v) is 1.17. The highest BCUT2D eigenvalue weighted by molar-refractivity contribution is 5.83. The van der Waals surface area contributed by atoms with Gasteiger partial charge < -0.3 is 15.7 Å². The van der Waals surface area contributed by atoms with Crippen molar-refractivity contribution in [3.8, 4) is 0 Å². The molecule has 0 spiro atoms. The number of carbonyl (C=O) groups excluding carboxylic acids is 2. The Morgan fingerprint density at radius 3 is 2.33 bits per heavy atom. The van der Waals surface area contributed by atoms with Gasteiger partial charge in [-0.1, -0.05) is 13.8 Å². The molecule has 2 amide bonds. The minimum atomic E-state index is -0.228. The molecule has 0 aliphatic heterocycles. The van der Waals surface area contributed by atoms with E-state index in [0.29, 0.717) is 6.42 Å². The van der Waals surface area contributed by atoms with Crippen LogP contribution in [0.4, 0.5) is 0 Å². The predicted molar refractivity (Wildman–Crippen MR) is 57.2 cm³/mol. The second-order valence-electron chi connectivity index (χ2n) is 3.84. The van der Waals surface area contributed by atoms with E-state index in [0.717, 1.165) is 0 Å². The predicted octanol–water partition coefficient (Wildman–Crippen LogP) is -0.354. The summed E-state index contributed by atoms with van der Waals surface area (Å²) in [6.07, 6.45) is 0.531. The fourth-order valence-electron chi connectivity index (χ4n) is 1.17. The molecule has 0 saturated heterocycles. The van der Waals surface area contributed by atoms with Crippen molar-refractivity contribution in [3.05, 3.63) is 0 Å². The summed E-state index contributed by atoms with van der Waals surface area (Å²) in [6.45, 7) is 5.34. The number of carbonyl (C=O) groups is 2. The van der Waals surface area contributed by atoms with Crippen LogP contribution in [0.2, 0.25) is 0 Å². The first-order chi connectivity index (χ1) is 6.97. The van der Waals surface area contributed by atoms with E-state index in [9.17, 15) is 9.59 Å². The number of hydrogen-bond acceptors (Lipinski definition) is 3. The van der Waals surface area contributed by atoms with Crippen molar-refractivity contribution in [3.63, 3.8) is 0 Å². The average molecular weight is 216 g/mol. The first kappa shape index (κ1) is 13.9. The van der Waals surface area contributed by atoms with E-state index >= 15 is 0 Å². The third-order valence-electron chi connectivity index (χ3n) is 2.09. The molecule has 3 N–H and O–H groups in total. The Balaban J connectivity index is 3.94. The lowest BCUT2D eigenvalue weighted by Crippen LogP contribution is -2.44. The monoisotopic (exact) mass is 216 g/mol. The van der Waals surface area contributed by atoms with Gasteiger partial charge in [-0.05, 0) is 12.3 Å². The van der Waals surface area contributed by atoms with Crippen molar-refractivity contribution in [2.75, 3.05) is 13.2 Å². The summed E-state index contributed by atoms with van der Waals surface area (Å²) in [7, 11) is 0. The van der Waals surface area contributed by atoms with Gasteiger partial charge in [0.05, 0.1) is 6.54 Å². The molecule has 0 aliphatic rings. The standard InChI is InChI=1S/C10H20N2O3/c1-7(2)9(4-5-13)12-10(15)6-11-8(3)14/h7,9,13H,4-6H2,1-3H3,(H,11,14)(H,12,15). The van der Waals surface area contributed by atoms with Crippen LogP contribution in [0.3, 0.4) is 0 Å². The molecule has 0 saturated carbocycles. The van der Waals surface area contributed by atoms with Crippen molar-refractivity contribution >= 4 is 11.8 Å². The largest absolute Gasteiger partial charge is 0.396 e. The zero-order valence-corrected chi connectivity index (χ0v) is 9.54. The summed E-state index contributed by atoms with van der Waals surface area (Å²) in [5.41, 5.74) is 0. The third kappa shape index (κ3) is 6.90. The van der Waals surface area contributed by atoms with Crippen molar-refractivity contribution in [2.45, 2.75) is 33.2 Å². The Hall–Kier alpha value is -1.10. The summed E-state index contributed by atoms with van der Waals surface area (Å²) in [4.78, 5) is 21.9. The number of aliphatic hydroxyl groups excluding tert-OH is 1. The van der Waals surface area contributed by atoms with Gasteiger partial charge in [0.15, 0.2) is 0 Å². The molecule has 0 rings (SSSR count). The second-order valence-corrected chi connectivity index (χ2v) is 3.84. The Labute approximate surface area is 90.2 Å². The molecule has 0 radical (unpaired) electrons. The number of aliphatic hydroxyl groups is 1. The molecule has 0 bridgehead atoms. The Morgan fingerprint density at radius 2 is 1.93 bits per heavy atom. The third-order valence-corrected chi connectivity index (χ3v) is 2.09. The van der Waals surface area contributed by atoms with Crippen LogP contribution in [0.15, 0.2) is 0 Å². The summed E-state index contributed by atoms with van der Waals surface area (Å²) >= 11 is 0. The molecule has 0 fully saturated rings. The number of nitrogens with one attached hydrogen (secondary N) is 2. The van der Waals surface area contributed by atoms with Crippen LogP contribution in [0.5, 0.6) is 0 Å². The lowest BCUT2D eigenvalue weighted by molar-refractivity contribution is -0.125. The van der Waals surface area contributed by atoms with Crippen LogP contribution >= 0.6 is 0 Å². The number of amides is 2. The smallest absolute Gasteiger partial charge is 0.239 e. The topological polar surface area (TPSA) is 78.4 Å². The molecule has 88 valence electrons. The molecule has 1 unspecified atom stereocenters.